The third-order valence-corrected chi connectivity index (χ3v) is 5.42. The molecule has 31 heavy (non-hydrogen) atoms. The van der Waals surface area contributed by atoms with E-state index >= 15 is 0 Å². The Morgan fingerprint density at radius 1 is 1.06 bits per heavy atom. The Morgan fingerprint density at radius 2 is 1.77 bits per heavy atom. The average Bonchev–Trinajstić information content (AvgIpc) is 2.79. The van der Waals surface area contributed by atoms with E-state index in [1.54, 1.807) is 48.5 Å². The number of rotatable bonds is 5. The minimum Gasteiger partial charge on any atom is -0.324 e. The number of carbonyl (C=O) groups excluding carboxylic acids is 1. The average molecular weight is 430 g/mol. The molecule has 1 N–H and O–H groups in total. The maximum atomic E-state index is 13.4. The topological polar surface area (TPSA) is 87.8 Å². The fourth-order valence-electron chi connectivity index (χ4n) is 3.03. The summed E-state index contributed by atoms with van der Waals surface area (Å²) in [6.07, 6.45) is 0. The smallest absolute Gasteiger partial charge is 0.266 e. The van der Waals surface area contributed by atoms with Gasteiger partial charge >= 0.3 is 0 Å². The predicted molar refractivity (Wildman–Crippen MR) is 118 cm³/mol. The molecule has 0 aliphatic carbocycles. The second-order valence-electron chi connectivity index (χ2n) is 6.52. The second-order valence-corrected chi connectivity index (χ2v) is 7.47. The molecule has 4 rings (SSSR count). The number of para-hydroxylation sites is 2. The van der Waals surface area contributed by atoms with Gasteiger partial charge in [-0.25, -0.2) is 9.37 Å². The number of anilines is 1. The number of benzene rings is 3. The van der Waals surface area contributed by atoms with Crippen LogP contribution in [0.15, 0.2) is 82.7 Å². The van der Waals surface area contributed by atoms with Gasteiger partial charge in [0, 0.05) is 0 Å². The lowest BCUT2D eigenvalue weighted by Gasteiger charge is -2.13. The number of nitriles is 1. The van der Waals surface area contributed by atoms with Gasteiger partial charge in [0.15, 0.2) is 5.16 Å². The number of carbonyl (C=O) groups is 1. The third-order valence-electron chi connectivity index (χ3n) is 4.48. The van der Waals surface area contributed by atoms with E-state index in [-0.39, 0.29) is 17.2 Å². The highest BCUT2D eigenvalue weighted by Crippen LogP contribution is 2.22. The first-order valence-corrected chi connectivity index (χ1v) is 10.2. The number of nitrogens with one attached hydrogen (secondary N) is 1. The Kier molecular flexibility index (Phi) is 5.78. The monoisotopic (exact) mass is 430 g/mol. The minimum absolute atomic E-state index is 0.0360. The van der Waals surface area contributed by atoms with Crippen LogP contribution in [0, 0.1) is 17.1 Å². The zero-order valence-corrected chi connectivity index (χ0v) is 16.9. The van der Waals surface area contributed by atoms with Crippen LogP contribution in [0.4, 0.5) is 10.1 Å². The highest BCUT2D eigenvalue weighted by atomic mass is 32.2. The van der Waals surface area contributed by atoms with Crippen molar-refractivity contribution in [2.45, 2.75) is 5.16 Å². The first-order chi connectivity index (χ1) is 15.1. The fraction of sp³-hybridized carbons (Fsp3) is 0.0435. The van der Waals surface area contributed by atoms with E-state index < -0.39 is 5.82 Å². The quantitative estimate of drug-likeness (QED) is 0.380. The lowest BCUT2D eigenvalue weighted by atomic mass is 10.2. The summed E-state index contributed by atoms with van der Waals surface area (Å²) < 4.78 is 14.8. The van der Waals surface area contributed by atoms with E-state index in [4.69, 9.17) is 0 Å². The van der Waals surface area contributed by atoms with Gasteiger partial charge in [-0.2, -0.15) is 5.26 Å². The molecular formula is C23H15FN4O2S. The number of halogens is 1. The van der Waals surface area contributed by atoms with Crippen molar-refractivity contribution >= 4 is 34.3 Å². The van der Waals surface area contributed by atoms with Gasteiger partial charge in [0.1, 0.15) is 11.9 Å². The van der Waals surface area contributed by atoms with Crippen molar-refractivity contribution in [1.82, 2.24) is 9.55 Å². The zero-order valence-electron chi connectivity index (χ0n) is 16.1. The summed E-state index contributed by atoms with van der Waals surface area (Å²) in [6, 6.07) is 21.1. The first-order valence-electron chi connectivity index (χ1n) is 9.26. The molecule has 0 unspecified atom stereocenters. The van der Waals surface area contributed by atoms with Gasteiger partial charge in [-0.3, -0.25) is 14.2 Å². The predicted octanol–water partition coefficient (Wildman–Crippen LogP) is 4.13. The van der Waals surface area contributed by atoms with Gasteiger partial charge in [0.25, 0.3) is 5.56 Å². The maximum Gasteiger partial charge on any atom is 0.266 e. The van der Waals surface area contributed by atoms with Gasteiger partial charge in [-0.05, 0) is 48.5 Å². The van der Waals surface area contributed by atoms with E-state index in [0.717, 1.165) is 11.8 Å². The normalized spacial score (nSPS) is 10.6. The fourth-order valence-corrected chi connectivity index (χ4v) is 3.85. The lowest BCUT2D eigenvalue weighted by Crippen LogP contribution is -2.23. The number of nitrogens with zero attached hydrogens (tertiary/aromatic N) is 3. The summed E-state index contributed by atoms with van der Waals surface area (Å²) in [5, 5.41) is 12.6. The molecular weight excluding hydrogens is 415 g/mol. The van der Waals surface area contributed by atoms with Gasteiger partial charge in [0.05, 0.1) is 33.6 Å². The van der Waals surface area contributed by atoms with E-state index in [1.165, 1.54) is 28.8 Å². The molecule has 152 valence electrons. The molecule has 0 fully saturated rings. The largest absolute Gasteiger partial charge is 0.324 e. The Labute approximate surface area is 181 Å². The number of hydrogen-bond acceptors (Lipinski definition) is 5. The molecule has 0 radical (unpaired) electrons. The Hall–Kier alpha value is -3.96. The molecule has 3 aromatic carbocycles. The molecule has 0 saturated carbocycles. The van der Waals surface area contributed by atoms with Crippen molar-refractivity contribution in [2.75, 3.05) is 11.1 Å². The molecule has 0 saturated heterocycles. The Bertz CT molecular complexity index is 1380. The molecule has 0 aliphatic rings. The number of amides is 1. The standard InChI is InChI=1S/C23H15FN4O2S/c24-16-9-11-17(12-10-16)28-22(30)18-6-2-4-8-20(18)27-23(28)31-14-21(29)26-19-7-3-1-5-15(19)13-25/h1-12H,14H2,(H,26,29). The molecule has 1 amide bonds. The molecule has 1 aromatic heterocycles. The van der Waals surface area contributed by atoms with Crippen LogP contribution in [0.5, 0.6) is 0 Å². The summed E-state index contributed by atoms with van der Waals surface area (Å²) in [6.45, 7) is 0. The van der Waals surface area contributed by atoms with Gasteiger partial charge in [-0.15, -0.1) is 0 Å². The SMILES string of the molecule is N#Cc1ccccc1NC(=O)CSc1nc2ccccc2c(=O)n1-c1ccc(F)cc1. The summed E-state index contributed by atoms with van der Waals surface area (Å²) in [5.41, 5.74) is 1.41. The van der Waals surface area contributed by atoms with Crippen LogP contribution in [-0.2, 0) is 4.79 Å². The van der Waals surface area contributed by atoms with Crippen LogP contribution < -0.4 is 10.9 Å². The highest BCUT2D eigenvalue weighted by molar-refractivity contribution is 7.99. The second kappa shape index (κ2) is 8.81. The van der Waals surface area contributed by atoms with E-state index in [0.29, 0.717) is 33.0 Å². The van der Waals surface area contributed by atoms with Crippen LogP contribution >= 0.6 is 11.8 Å². The first kappa shape index (κ1) is 20.3. The summed E-state index contributed by atoms with van der Waals surface area (Å²) in [7, 11) is 0. The van der Waals surface area contributed by atoms with Crippen LogP contribution in [-0.4, -0.2) is 21.2 Å². The van der Waals surface area contributed by atoms with E-state index in [1.807, 2.05) is 6.07 Å². The summed E-state index contributed by atoms with van der Waals surface area (Å²) in [4.78, 5) is 30.2. The van der Waals surface area contributed by atoms with Crippen molar-refractivity contribution in [2.24, 2.45) is 0 Å². The number of fused-ring (bicyclic) bond motifs is 1. The van der Waals surface area contributed by atoms with Gasteiger partial charge < -0.3 is 5.32 Å². The van der Waals surface area contributed by atoms with Crippen molar-refractivity contribution in [3.8, 4) is 11.8 Å². The van der Waals surface area contributed by atoms with Gasteiger partial charge in [-0.1, -0.05) is 36.0 Å². The van der Waals surface area contributed by atoms with Crippen LogP contribution in [0.2, 0.25) is 0 Å². The molecule has 0 bridgehead atoms. The highest BCUT2D eigenvalue weighted by Gasteiger charge is 2.15. The Balaban J connectivity index is 1.67. The Morgan fingerprint density at radius 3 is 2.55 bits per heavy atom. The van der Waals surface area contributed by atoms with Crippen LogP contribution in [0.3, 0.4) is 0 Å². The number of hydrogen-bond donors (Lipinski definition) is 1. The molecule has 0 spiro atoms. The molecule has 8 heteroatoms. The molecule has 1 heterocycles. The van der Waals surface area contributed by atoms with Crippen molar-refractivity contribution in [3.05, 3.63) is 94.5 Å². The maximum absolute atomic E-state index is 13.4. The molecule has 0 atom stereocenters. The van der Waals surface area contributed by atoms with Crippen molar-refractivity contribution in [3.63, 3.8) is 0 Å². The van der Waals surface area contributed by atoms with Crippen LogP contribution in [0.25, 0.3) is 16.6 Å². The van der Waals surface area contributed by atoms with Crippen molar-refractivity contribution in [1.29, 1.82) is 5.26 Å². The zero-order chi connectivity index (χ0) is 21.8. The minimum atomic E-state index is -0.421. The summed E-state index contributed by atoms with van der Waals surface area (Å²) >= 11 is 1.08. The number of aromatic nitrogens is 2. The molecule has 6 nitrogen and oxygen atoms in total. The van der Waals surface area contributed by atoms with Crippen LogP contribution in [0.1, 0.15) is 5.56 Å². The van der Waals surface area contributed by atoms with E-state index in [2.05, 4.69) is 10.3 Å². The van der Waals surface area contributed by atoms with Crippen molar-refractivity contribution < 1.29 is 9.18 Å². The third kappa shape index (κ3) is 4.32. The summed E-state index contributed by atoms with van der Waals surface area (Å²) in [5.74, 6) is -0.804. The molecule has 4 aromatic rings. The molecule has 0 aliphatic heterocycles. The van der Waals surface area contributed by atoms with E-state index in [9.17, 15) is 19.2 Å². The lowest BCUT2D eigenvalue weighted by molar-refractivity contribution is -0.113. The number of thioether (sulfide) groups is 1. The van der Waals surface area contributed by atoms with Gasteiger partial charge in [0.2, 0.25) is 5.91 Å².